The third-order valence-electron chi connectivity index (χ3n) is 6.47. The summed E-state index contributed by atoms with van der Waals surface area (Å²) in [6, 6.07) is 8.12. The van der Waals surface area contributed by atoms with E-state index in [-0.39, 0.29) is 30.3 Å². The third kappa shape index (κ3) is 6.15. The Kier molecular flexibility index (Phi) is 7.40. The molecule has 5 nitrogen and oxygen atoms in total. The zero-order chi connectivity index (χ0) is 25.3. The molecule has 3 heterocycles. The van der Waals surface area contributed by atoms with Crippen LogP contribution in [0.4, 0.5) is 17.6 Å². The van der Waals surface area contributed by atoms with E-state index < -0.39 is 23.9 Å². The van der Waals surface area contributed by atoms with Gasteiger partial charge in [0, 0.05) is 67.0 Å². The first-order chi connectivity index (χ1) is 16.5. The Morgan fingerprint density at radius 1 is 1.09 bits per heavy atom. The largest absolute Gasteiger partial charge is 0.488 e. The summed E-state index contributed by atoms with van der Waals surface area (Å²) in [5, 5.41) is 10.0. The van der Waals surface area contributed by atoms with E-state index in [2.05, 4.69) is 9.88 Å². The smallest absolute Gasteiger partial charge is 0.143 e. The van der Waals surface area contributed by atoms with Crippen molar-refractivity contribution in [3.05, 3.63) is 65.1 Å². The van der Waals surface area contributed by atoms with E-state index in [0.29, 0.717) is 6.54 Å². The molecule has 0 spiro atoms. The van der Waals surface area contributed by atoms with Crippen LogP contribution in [0.2, 0.25) is 0 Å². The molecule has 2 atom stereocenters. The van der Waals surface area contributed by atoms with Crippen LogP contribution in [0.1, 0.15) is 25.1 Å². The molecule has 0 bridgehead atoms. The molecule has 1 fully saturated rings. The van der Waals surface area contributed by atoms with Gasteiger partial charge >= 0.3 is 0 Å². The molecular weight excluding hydrogens is 462 g/mol. The number of nitrogens with one attached hydrogen (secondary N) is 1. The second kappa shape index (κ2) is 10.2. The molecule has 2 aliphatic heterocycles. The van der Waals surface area contributed by atoms with E-state index in [0.717, 1.165) is 47.7 Å². The lowest BCUT2D eigenvalue weighted by Crippen LogP contribution is -2.51. The molecule has 0 radical (unpaired) electrons. The number of aromatic nitrogens is 1. The van der Waals surface area contributed by atoms with Gasteiger partial charge in [-0.2, -0.15) is 0 Å². The maximum absolute atomic E-state index is 14.1. The molecule has 1 saturated heterocycles. The molecule has 2 aromatic carbocycles. The van der Waals surface area contributed by atoms with Crippen molar-refractivity contribution in [2.45, 2.75) is 44.6 Å². The van der Waals surface area contributed by atoms with Crippen molar-refractivity contribution < 1.29 is 27.4 Å². The third-order valence-corrected chi connectivity index (χ3v) is 6.47. The minimum atomic E-state index is -1.61. The van der Waals surface area contributed by atoms with Crippen molar-refractivity contribution in [1.29, 1.82) is 0 Å². The fourth-order valence-electron chi connectivity index (χ4n) is 4.62. The van der Waals surface area contributed by atoms with Crippen molar-refractivity contribution in [2.24, 2.45) is 0 Å². The van der Waals surface area contributed by atoms with Crippen LogP contribution >= 0.6 is 0 Å². The predicted molar refractivity (Wildman–Crippen MR) is 127 cm³/mol. The van der Waals surface area contributed by atoms with E-state index >= 15 is 0 Å². The second-order valence-corrected chi connectivity index (χ2v) is 9.87. The zero-order valence-corrected chi connectivity index (χ0v) is 20.1. The lowest BCUT2D eigenvalue weighted by Gasteiger charge is -2.36. The highest BCUT2D eigenvalue weighted by Gasteiger charge is 2.32. The van der Waals surface area contributed by atoms with Gasteiger partial charge in [0.2, 0.25) is 0 Å². The highest BCUT2D eigenvalue weighted by Crippen LogP contribution is 2.31. The number of alkyl halides is 1. The molecule has 2 N–H and O–H groups in total. The Hall–Kier alpha value is -2.62. The molecule has 2 unspecified atom stereocenters. The number of benzene rings is 2. The molecule has 5 rings (SSSR count). The van der Waals surface area contributed by atoms with E-state index in [1.54, 1.807) is 12.1 Å². The predicted octanol–water partition coefficient (Wildman–Crippen LogP) is 4.43. The quantitative estimate of drug-likeness (QED) is 0.517. The second-order valence-electron chi connectivity index (χ2n) is 9.87. The normalized spacial score (nSPS) is 20.5. The number of ether oxygens (including phenoxy) is 1. The SMILES string of the molecule is CC1Cc2c([nH]c3ccc(F)cc23)CN1CC(C)(F)CO.CN1CC(Oc2cc(F)cc(F)c2)C1. The van der Waals surface area contributed by atoms with Gasteiger partial charge in [-0.15, -0.1) is 0 Å². The van der Waals surface area contributed by atoms with Gasteiger partial charge in [-0.25, -0.2) is 17.6 Å². The Balaban J connectivity index is 0.000000179. The number of rotatable bonds is 5. The van der Waals surface area contributed by atoms with Gasteiger partial charge in [0.25, 0.3) is 0 Å². The highest BCUT2D eigenvalue weighted by atomic mass is 19.1. The van der Waals surface area contributed by atoms with Gasteiger partial charge in [0.15, 0.2) is 0 Å². The van der Waals surface area contributed by atoms with Crippen LogP contribution in [-0.4, -0.2) is 71.0 Å². The number of nitrogens with zero attached hydrogens (tertiary/aromatic N) is 2. The number of hydrogen-bond acceptors (Lipinski definition) is 4. The lowest BCUT2D eigenvalue weighted by atomic mass is 9.96. The van der Waals surface area contributed by atoms with Crippen LogP contribution in [0, 0.1) is 17.5 Å². The van der Waals surface area contributed by atoms with Crippen molar-refractivity contribution in [3.63, 3.8) is 0 Å². The van der Waals surface area contributed by atoms with E-state index in [9.17, 15) is 17.6 Å². The summed E-state index contributed by atoms with van der Waals surface area (Å²) in [4.78, 5) is 7.39. The van der Waals surface area contributed by atoms with Gasteiger partial charge in [0.1, 0.15) is 35.0 Å². The number of aromatic amines is 1. The molecule has 0 saturated carbocycles. The van der Waals surface area contributed by atoms with Crippen LogP contribution in [0.25, 0.3) is 10.9 Å². The van der Waals surface area contributed by atoms with E-state index in [1.807, 2.05) is 18.9 Å². The fraction of sp³-hybridized carbons (Fsp3) is 0.462. The fourth-order valence-corrected chi connectivity index (χ4v) is 4.62. The van der Waals surface area contributed by atoms with Crippen molar-refractivity contribution >= 4 is 10.9 Å². The topological polar surface area (TPSA) is 51.7 Å². The summed E-state index contributed by atoms with van der Waals surface area (Å²) in [5.41, 5.74) is 1.45. The summed E-state index contributed by atoms with van der Waals surface area (Å²) < 4.78 is 58.3. The standard InChI is InChI=1S/C16H20F2N2O.C10H11F2NO/c1-10-5-12-13-6-11(17)3-4-14(13)19-15(12)7-20(10)8-16(2,18)9-21;1-13-5-10(6-13)14-9-3-7(11)2-8(12)4-9/h3-4,6,10,19,21H,5,7-9H2,1-2H3;2-4,10H,5-6H2,1H3. The monoisotopic (exact) mass is 493 g/mol. The maximum Gasteiger partial charge on any atom is 0.143 e. The van der Waals surface area contributed by atoms with Gasteiger partial charge in [-0.05, 0) is 51.1 Å². The molecule has 9 heteroatoms. The zero-order valence-electron chi connectivity index (χ0n) is 20.1. The summed E-state index contributed by atoms with van der Waals surface area (Å²) in [5.74, 6) is -1.18. The molecule has 190 valence electrons. The van der Waals surface area contributed by atoms with Gasteiger partial charge in [-0.3, -0.25) is 9.80 Å². The van der Waals surface area contributed by atoms with Gasteiger partial charge in [0.05, 0.1) is 6.61 Å². The number of hydrogen-bond donors (Lipinski definition) is 2. The van der Waals surface area contributed by atoms with Crippen LogP contribution in [0.15, 0.2) is 36.4 Å². The van der Waals surface area contributed by atoms with Crippen LogP contribution in [0.5, 0.6) is 5.75 Å². The summed E-state index contributed by atoms with van der Waals surface area (Å²) >= 11 is 0. The minimum absolute atomic E-state index is 0.0567. The first-order valence-corrected chi connectivity index (χ1v) is 11.7. The highest BCUT2D eigenvalue weighted by molar-refractivity contribution is 5.85. The Morgan fingerprint density at radius 3 is 2.40 bits per heavy atom. The summed E-state index contributed by atoms with van der Waals surface area (Å²) in [6.07, 6.45) is 0.807. The number of likely N-dealkylation sites (N-methyl/N-ethyl adjacent to an activating group) is 1. The lowest BCUT2D eigenvalue weighted by molar-refractivity contribution is 0.0277. The average Bonchev–Trinajstić information content (AvgIpc) is 3.09. The van der Waals surface area contributed by atoms with Crippen LogP contribution in [-0.2, 0) is 13.0 Å². The first-order valence-electron chi connectivity index (χ1n) is 11.7. The minimum Gasteiger partial charge on any atom is -0.488 e. The van der Waals surface area contributed by atoms with Gasteiger partial charge in [-0.1, -0.05) is 0 Å². The summed E-state index contributed by atoms with van der Waals surface area (Å²) in [6.45, 7) is 5.35. The van der Waals surface area contributed by atoms with Crippen molar-refractivity contribution in [1.82, 2.24) is 14.8 Å². The number of fused-ring (bicyclic) bond motifs is 3. The van der Waals surface area contributed by atoms with E-state index in [4.69, 9.17) is 9.84 Å². The van der Waals surface area contributed by atoms with Crippen LogP contribution in [0.3, 0.4) is 0 Å². The number of aliphatic hydroxyl groups excluding tert-OH is 1. The molecular formula is C26H31F4N3O2. The Bertz CT molecular complexity index is 1160. The van der Waals surface area contributed by atoms with Gasteiger partial charge < -0.3 is 14.8 Å². The number of likely N-dealkylation sites (tertiary alicyclic amines) is 1. The maximum atomic E-state index is 14.1. The number of halogens is 4. The molecule has 0 amide bonds. The summed E-state index contributed by atoms with van der Waals surface area (Å²) in [7, 11) is 1.96. The molecule has 2 aliphatic rings. The van der Waals surface area contributed by atoms with E-state index in [1.165, 1.54) is 25.1 Å². The first kappa shape index (κ1) is 25.5. The average molecular weight is 494 g/mol. The number of H-pyrrole nitrogens is 1. The Labute approximate surface area is 202 Å². The van der Waals surface area contributed by atoms with Crippen molar-refractivity contribution in [3.8, 4) is 5.75 Å². The van der Waals surface area contributed by atoms with Crippen molar-refractivity contribution in [2.75, 3.05) is 33.3 Å². The molecule has 35 heavy (non-hydrogen) atoms. The number of aliphatic hydroxyl groups is 1. The molecule has 3 aromatic rings. The Morgan fingerprint density at radius 2 is 1.77 bits per heavy atom. The molecule has 1 aromatic heterocycles. The van der Waals surface area contributed by atoms with Crippen LogP contribution < -0.4 is 4.74 Å². The molecule has 0 aliphatic carbocycles.